The van der Waals surface area contributed by atoms with Crippen LogP contribution in [0.15, 0.2) is 18.2 Å². The second-order valence-corrected chi connectivity index (χ2v) is 5.63. The van der Waals surface area contributed by atoms with Gasteiger partial charge in [-0.05, 0) is 25.5 Å². The zero-order valence-electron chi connectivity index (χ0n) is 10.1. The number of hydrogen-bond acceptors (Lipinski definition) is 3. The van der Waals surface area contributed by atoms with Crippen LogP contribution in [0, 0.1) is 6.92 Å². The quantitative estimate of drug-likeness (QED) is 0.800. The van der Waals surface area contributed by atoms with Gasteiger partial charge in [0.05, 0.1) is 17.9 Å². The topological polar surface area (TPSA) is 43.4 Å². The average molecular weight is 282 g/mol. The molecule has 18 heavy (non-hydrogen) atoms. The molecule has 0 amide bonds. The number of aryl methyl sites for hydroxylation is 1. The highest BCUT2D eigenvalue weighted by atomic mass is 32.2. The average Bonchev–Trinajstić information content (AvgIpc) is 2.12. The van der Waals surface area contributed by atoms with Crippen molar-refractivity contribution in [3.05, 3.63) is 34.9 Å². The van der Waals surface area contributed by atoms with Crippen molar-refractivity contribution in [1.29, 1.82) is 0 Å². The summed E-state index contributed by atoms with van der Waals surface area (Å²) < 4.78 is 64.8. The molecule has 0 fully saturated rings. The second-order valence-electron chi connectivity index (χ2n) is 4.03. The Bertz CT molecular complexity index is 535. The lowest BCUT2D eigenvalue weighted by atomic mass is 10.0. The number of halogens is 3. The fourth-order valence-electron chi connectivity index (χ4n) is 1.59. The van der Waals surface area contributed by atoms with Crippen LogP contribution in [0.5, 0.6) is 0 Å². The Morgan fingerprint density at radius 3 is 2.28 bits per heavy atom. The zero-order chi connectivity index (χ0) is 14.1. The van der Waals surface area contributed by atoms with Gasteiger partial charge in [0.25, 0.3) is 10.1 Å². The summed E-state index contributed by atoms with van der Waals surface area (Å²) in [6.07, 6.45) is -4.93. The Hall–Kier alpha value is -1.08. The molecule has 0 saturated heterocycles. The van der Waals surface area contributed by atoms with Crippen LogP contribution in [-0.4, -0.2) is 14.7 Å². The van der Waals surface area contributed by atoms with Crippen molar-refractivity contribution >= 4 is 10.1 Å². The van der Waals surface area contributed by atoms with Gasteiger partial charge in [0.2, 0.25) is 0 Å². The van der Waals surface area contributed by atoms with Crippen molar-refractivity contribution in [2.24, 2.45) is 0 Å². The summed E-state index contributed by atoms with van der Waals surface area (Å²) in [5.74, 6) is 0. The predicted molar refractivity (Wildman–Crippen MR) is 60.5 cm³/mol. The smallest absolute Gasteiger partial charge is 0.262 e. The van der Waals surface area contributed by atoms with Crippen LogP contribution in [0.1, 0.15) is 29.7 Å². The summed E-state index contributed by atoms with van der Waals surface area (Å²) in [5, 5.41) is 0. The molecule has 0 aliphatic heterocycles. The Morgan fingerprint density at radius 1 is 1.28 bits per heavy atom. The minimum absolute atomic E-state index is 0.187. The summed E-state index contributed by atoms with van der Waals surface area (Å²) in [7, 11) is -3.81. The SMILES string of the molecule is Cc1ccc(C(F)(F)F)c([C@H](C)OS(C)(=O)=O)c1. The molecule has 1 aromatic carbocycles. The molecule has 0 aliphatic rings. The van der Waals surface area contributed by atoms with Gasteiger partial charge in [0, 0.05) is 0 Å². The largest absolute Gasteiger partial charge is 0.416 e. The van der Waals surface area contributed by atoms with Gasteiger partial charge in [-0.15, -0.1) is 0 Å². The number of benzene rings is 1. The molecule has 0 saturated carbocycles. The molecular formula is C11H13F3O3S. The molecule has 0 unspecified atom stereocenters. The highest BCUT2D eigenvalue weighted by Gasteiger charge is 2.35. The Morgan fingerprint density at radius 2 is 1.83 bits per heavy atom. The Balaban J connectivity index is 3.25. The fourth-order valence-corrected chi connectivity index (χ4v) is 2.22. The molecule has 0 heterocycles. The third kappa shape index (κ3) is 3.99. The van der Waals surface area contributed by atoms with Crippen molar-refractivity contribution in [1.82, 2.24) is 0 Å². The van der Waals surface area contributed by atoms with Gasteiger partial charge in [-0.1, -0.05) is 17.7 Å². The molecule has 102 valence electrons. The van der Waals surface area contributed by atoms with Crippen LogP contribution in [0.4, 0.5) is 13.2 Å². The first kappa shape index (κ1) is 15.0. The van der Waals surface area contributed by atoms with E-state index >= 15 is 0 Å². The molecule has 1 atom stereocenters. The van der Waals surface area contributed by atoms with E-state index in [1.807, 2.05) is 0 Å². The van der Waals surface area contributed by atoms with E-state index in [1.165, 1.54) is 19.1 Å². The first-order valence-corrected chi connectivity index (χ1v) is 6.88. The molecule has 0 aliphatic carbocycles. The first-order valence-electron chi connectivity index (χ1n) is 5.06. The van der Waals surface area contributed by atoms with Crippen LogP contribution >= 0.6 is 0 Å². The van der Waals surface area contributed by atoms with E-state index in [9.17, 15) is 21.6 Å². The lowest BCUT2D eigenvalue weighted by molar-refractivity contribution is -0.138. The van der Waals surface area contributed by atoms with E-state index in [0.717, 1.165) is 12.3 Å². The van der Waals surface area contributed by atoms with Gasteiger partial charge >= 0.3 is 6.18 Å². The molecule has 3 nitrogen and oxygen atoms in total. The molecule has 0 N–H and O–H groups in total. The number of hydrogen-bond donors (Lipinski definition) is 0. The van der Waals surface area contributed by atoms with Crippen LogP contribution in [0.3, 0.4) is 0 Å². The summed E-state index contributed by atoms with van der Waals surface area (Å²) in [6.45, 7) is 2.89. The summed E-state index contributed by atoms with van der Waals surface area (Å²) in [6, 6.07) is 3.52. The summed E-state index contributed by atoms with van der Waals surface area (Å²) in [5.41, 5.74) is -0.473. The molecule has 1 aromatic rings. The minimum atomic E-state index is -4.54. The molecule has 7 heteroatoms. The second kappa shape index (κ2) is 4.89. The maximum Gasteiger partial charge on any atom is 0.416 e. The maximum absolute atomic E-state index is 12.8. The lowest BCUT2D eigenvalue weighted by Gasteiger charge is -2.18. The van der Waals surface area contributed by atoms with Crippen molar-refractivity contribution in [3.63, 3.8) is 0 Å². The van der Waals surface area contributed by atoms with Crippen LogP contribution in [0.2, 0.25) is 0 Å². The van der Waals surface area contributed by atoms with Crippen LogP contribution in [-0.2, 0) is 20.5 Å². The van der Waals surface area contributed by atoms with Crippen molar-refractivity contribution in [3.8, 4) is 0 Å². The van der Waals surface area contributed by atoms with Gasteiger partial charge in [0.15, 0.2) is 0 Å². The molecule has 1 rings (SSSR count). The van der Waals surface area contributed by atoms with Gasteiger partial charge in [-0.25, -0.2) is 0 Å². The third-order valence-electron chi connectivity index (χ3n) is 2.27. The van der Waals surface area contributed by atoms with Crippen LogP contribution in [0.25, 0.3) is 0 Å². The standard InChI is InChI=1S/C11H13F3O3S/c1-7-4-5-10(11(12,13)14)9(6-7)8(2)17-18(3,15)16/h4-6,8H,1-3H3/t8-/m0/s1. The van der Waals surface area contributed by atoms with E-state index in [2.05, 4.69) is 4.18 Å². The lowest BCUT2D eigenvalue weighted by Crippen LogP contribution is -2.15. The van der Waals surface area contributed by atoms with Gasteiger partial charge in [0.1, 0.15) is 0 Å². The van der Waals surface area contributed by atoms with Crippen LogP contribution < -0.4 is 0 Å². The third-order valence-corrected chi connectivity index (χ3v) is 2.91. The summed E-state index contributed by atoms with van der Waals surface area (Å²) >= 11 is 0. The molecule has 0 spiro atoms. The van der Waals surface area contributed by atoms with E-state index in [1.54, 1.807) is 6.92 Å². The first-order chi connectivity index (χ1) is 8.00. The minimum Gasteiger partial charge on any atom is -0.262 e. The van der Waals surface area contributed by atoms with Gasteiger partial charge in [-0.2, -0.15) is 21.6 Å². The Kier molecular flexibility index (Phi) is 4.07. The predicted octanol–water partition coefficient (Wildman–Crippen LogP) is 3.05. The monoisotopic (exact) mass is 282 g/mol. The zero-order valence-corrected chi connectivity index (χ0v) is 10.9. The van der Waals surface area contributed by atoms with E-state index < -0.39 is 28.0 Å². The maximum atomic E-state index is 12.8. The number of alkyl halides is 3. The molecule has 0 radical (unpaired) electrons. The molecule has 0 bridgehead atoms. The highest BCUT2D eigenvalue weighted by molar-refractivity contribution is 7.86. The van der Waals surface area contributed by atoms with Gasteiger partial charge in [-0.3, -0.25) is 4.18 Å². The van der Waals surface area contributed by atoms with E-state index in [0.29, 0.717) is 5.56 Å². The molecular weight excluding hydrogens is 269 g/mol. The highest BCUT2D eigenvalue weighted by Crippen LogP contribution is 2.36. The number of rotatable bonds is 3. The Labute approximate surface area is 104 Å². The van der Waals surface area contributed by atoms with E-state index in [4.69, 9.17) is 0 Å². The van der Waals surface area contributed by atoms with Gasteiger partial charge < -0.3 is 0 Å². The fraction of sp³-hybridized carbons (Fsp3) is 0.455. The van der Waals surface area contributed by atoms with E-state index in [-0.39, 0.29) is 5.56 Å². The van der Waals surface area contributed by atoms with Crippen molar-refractivity contribution in [2.45, 2.75) is 26.1 Å². The summed E-state index contributed by atoms with van der Waals surface area (Å²) in [4.78, 5) is 0. The van der Waals surface area contributed by atoms with Crippen molar-refractivity contribution in [2.75, 3.05) is 6.26 Å². The normalized spacial score (nSPS) is 14.6. The molecule has 0 aromatic heterocycles. The van der Waals surface area contributed by atoms with Crippen molar-refractivity contribution < 1.29 is 25.8 Å².